The van der Waals surface area contributed by atoms with Crippen LogP contribution in [0.1, 0.15) is 29.8 Å². The van der Waals surface area contributed by atoms with Crippen LogP contribution in [0.3, 0.4) is 0 Å². The summed E-state index contributed by atoms with van der Waals surface area (Å²) in [5.74, 6) is 1.08. The summed E-state index contributed by atoms with van der Waals surface area (Å²) >= 11 is 5.52. The molecule has 2 N–H and O–H groups in total. The standard InChI is InChI=1S/C22H27ClO6/c1-15(2)27-13-19(25)14-29-21-9-5-17(6-10-21)22(26)16-3-7-20(8-4-16)28-12-18(24)11-23/h3-10,15,18-19,24-25H,11-14H2,1-2H3. The number of ketones is 1. The number of alkyl halides is 1. The number of halogens is 1. The first-order chi connectivity index (χ1) is 13.9. The Bertz CT molecular complexity index is 745. The second-order valence-electron chi connectivity index (χ2n) is 6.84. The Labute approximate surface area is 176 Å². The van der Waals surface area contributed by atoms with Crippen LogP contribution in [0.4, 0.5) is 0 Å². The molecule has 29 heavy (non-hydrogen) atoms. The van der Waals surface area contributed by atoms with Crippen LogP contribution < -0.4 is 9.47 Å². The lowest BCUT2D eigenvalue weighted by Crippen LogP contribution is -2.25. The summed E-state index contributed by atoms with van der Waals surface area (Å²) in [5, 5.41) is 19.2. The summed E-state index contributed by atoms with van der Waals surface area (Å²) in [4.78, 5) is 12.6. The van der Waals surface area contributed by atoms with E-state index in [9.17, 15) is 15.0 Å². The molecule has 0 fully saturated rings. The van der Waals surface area contributed by atoms with E-state index in [1.807, 2.05) is 13.8 Å². The number of aliphatic hydroxyl groups is 2. The SMILES string of the molecule is CC(C)OCC(O)COc1ccc(C(=O)c2ccc(OCC(O)CCl)cc2)cc1. The largest absolute Gasteiger partial charge is 0.491 e. The number of hydrogen-bond donors (Lipinski definition) is 2. The van der Waals surface area contributed by atoms with E-state index < -0.39 is 12.2 Å². The van der Waals surface area contributed by atoms with E-state index in [1.165, 1.54) is 0 Å². The van der Waals surface area contributed by atoms with Gasteiger partial charge in [-0.1, -0.05) is 0 Å². The quantitative estimate of drug-likeness (QED) is 0.404. The smallest absolute Gasteiger partial charge is 0.193 e. The first-order valence-electron chi connectivity index (χ1n) is 9.43. The Morgan fingerprint density at radius 2 is 1.28 bits per heavy atom. The van der Waals surface area contributed by atoms with E-state index in [4.69, 9.17) is 25.8 Å². The minimum atomic E-state index is -0.734. The Balaban J connectivity index is 1.88. The molecule has 0 amide bonds. The van der Waals surface area contributed by atoms with Gasteiger partial charge in [0.25, 0.3) is 0 Å². The van der Waals surface area contributed by atoms with Crippen molar-refractivity contribution >= 4 is 17.4 Å². The normalized spacial score (nSPS) is 13.2. The van der Waals surface area contributed by atoms with Crippen LogP contribution in [-0.4, -0.2) is 60.0 Å². The van der Waals surface area contributed by atoms with Gasteiger partial charge in [0, 0.05) is 11.1 Å². The van der Waals surface area contributed by atoms with E-state index in [0.717, 1.165) is 0 Å². The summed E-state index contributed by atoms with van der Waals surface area (Å²) in [7, 11) is 0. The average molecular weight is 423 g/mol. The molecule has 0 bridgehead atoms. The first kappa shape index (κ1) is 23.2. The maximum absolute atomic E-state index is 12.6. The van der Waals surface area contributed by atoms with Gasteiger partial charge in [0.05, 0.1) is 18.6 Å². The van der Waals surface area contributed by atoms with E-state index >= 15 is 0 Å². The zero-order valence-corrected chi connectivity index (χ0v) is 17.3. The average Bonchev–Trinajstić information content (AvgIpc) is 2.74. The Kier molecular flexibility index (Phi) is 9.41. The number of carbonyl (C=O) groups excluding carboxylic acids is 1. The molecule has 6 nitrogen and oxygen atoms in total. The van der Waals surface area contributed by atoms with Crippen LogP contribution >= 0.6 is 11.6 Å². The van der Waals surface area contributed by atoms with Gasteiger partial charge in [-0.25, -0.2) is 0 Å². The predicted octanol–water partition coefficient (Wildman–Crippen LogP) is 3.06. The zero-order chi connectivity index (χ0) is 21.2. The third kappa shape index (κ3) is 8.03. The third-order valence-electron chi connectivity index (χ3n) is 3.92. The van der Waals surface area contributed by atoms with Crippen molar-refractivity contribution in [3.05, 3.63) is 59.7 Å². The highest BCUT2D eigenvalue weighted by Gasteiger charge is 2.11. The number of aliphatic hydroxyl groups excluding tert-OH is 2. The molecule has 0 saturated carbocycles. The molecule has 0 aromatic heterocycles. The summed E-state index contributed by atoms with van der Waals surface area (Å²) < 4.78 is 16.3. The molecule has 7 heteroatoms. The minimum absolute atomic E-state index is 0.0489. The fraction of sp³-hybridized carbons (Fsp3) is 0.409. The van der Waals surface area contributed by atoms with Crippen molar-refractivity contribution in [3.8, 4) is 11.5 Å². The highest BCUT2D eigenvalue weighted by atomic mass is 35.5. The molecule has 0 aliphatic rings. The van der Waals surface area contributed by atoms with Crippen molar-refractivity contribution in [1.29, 1.82) is 0 Å². The third-order valence-corrected chi connectivity index (χ3v) is 4.27. The number of ether oxygens (including phenoxy) is 3. The summed E-state index contributed by atoms with van der Waals surface area (Å²) in [6, 6.07) is 13.4. The van der Waals surface area contributed by atoms with E-state index in [-0.39, 0.29) is 37.6 Å². The Morgan fingerprint density at radius 3 is 1.69 bits per heavy atom. The molecule has 0 spiro atoms. The highest BCUT2D eigenvalue weighted by Crippen LogP contribution is 2.18. The number of benzene rings is 2. The van der Waals surface area contributed by atoms with Crippen molar-refractivity contribution in [3.63, 3.8) is 0 Å². The van der Waals surface area contributed by atoms with Crippen molar-refractivity contribution in [2.75, 3.05) is 25.7 Å². The van der Waals surface area contributed by atoms with Gasteiger partial charge in [-0.15, -0.1) is 11.6 Å². The molecule has 2 rings (SSSR count). The van der Waals surface area contributed by atoms with E-state index in [2.05, 4.69) is 0 Å². The summed E-state index contributed by atoms with van der Waals surface area (Å²) in [6.07, 6.45) is -1.40. The van der Waals surface area contributed by atoms with Crippen LogP contribution in [0.15, 0.2) is 48.5 Å². The van der Waals surface area contributed by atoms with Crippen molar-refractivity contribution in [2.45, 2.75) is 32.2 Å². The molecule has 2 unspecified atom stereocenters. The molecular weight excluding hydrogens is 396 g/mol. The van der Waals surface area contributed by atoms with Crippen LogP contribution in [0, 0.1) is 0 Å². The Hall–Kier alpha value is -2.12. The van der Waals surface area contributed by atoms with E-state index in [0.29, 0.717) is 22.6 Å². The van der Waals surface area contributed by atoms with Gasteiger partial charge in [0.15, 0.2) is 5.78 Å². The molecule has 0 radical (unpaired) electrons. The van der Waals surface area contributed by atoms with Crippen molar-refractivity contribution in [2.24, 2.45) is 0 Å². The molecule has 0 aliphatic carbocycles. The van der Waals surface area contributed by atoms with Gasteiger partial charge >= 0.3 is 0 Å². The summed E-state index contributed by atoms with van der Waals surface area (Å²) in [5.41, 5.74) is 1.04. The van der Waals surface area contributed by atoms with Crippen molar-refractivity contribution in [1.82, 2.24) is 0 Å². The van der Waals surface area contributed by atoms with Crippen molar-refractivity contribution < 1.29 is 29.2 Å². The number of hydrogen-bond acceptors (Lipinski definition) is 6. The van der Waals surface area contributed by atoms with Crippen LogP contribution in [-0.2, 0) is 4.74 Å². The minimum Gasteiger partial charge on any atom is -0.491 e. The van der Waals surface area contributed by atoms with Crippen LogP contribution in [0.2, 0.25) is 0 Å². The lowest BCUT2D eigenvalue weighted by Gasteiger charge is -2.14. The fourth-order valence-electron chi connectivity index (χ4n) is 2.35. The Morgan fingerprint density at radius 1 is 0.828 bits per heavy atom. The maximum Gasteiger partial charge on any atom is 0.193 e. The van der Waals surface area contributed by atoms with Gasteiger partial charge in [0.1, 0.15) is 36.9 Å². The first-order valence-corrected chi connectivity index (χ1v) is 9.96. The van der Waals surface area contributed by atoms with Gasteiger partial charge < -0.3 is 24.4 Å². The maximum atomic E-state index is 12.6. The lowest BCUT2D eigenvalue weighted by molar-refractivity contribution is -0.0122. The fourth-order valence-corrected chi connectivity index (χ4v) is 2.44. The van der Waals surface area contributed by atoms with Gasteiger partial charge in [0.2, 0.25) is 0 Å². The number of carbonyl (C=O) groups is 1. The lowest BCUT2D eigenvalue weighted by atomic mass is 10.0. The zero-order valence-electron chi connectivity index (χ0n) is 16.6. The highest BCUT2D eigenvalue weighted by molar-refractivity contribution is 6.18. The van der Waals surface area contributed by atoms with E-state index in [1.54, 1.807) is 48.5 Å². The predicted molar refractivity (Wildman–Crippen MR) is 111 cm³/mol. The molecule has 158 valence electrons. The number of rotatable bonds is 12. The molecule has 2 atom stereocenters. The molecule has 2 aromatic rings. The molecule has 0 heterocycles. The van der Waals surface area contributed by atoms with Crippen LogP contribution in [0.5, 0.6) is 11.5 Å². The van der Waals surface area contributed by atoms with Crippen LogP contribution in [0.25, 0.3) is 0 Å². The summed E-state index contributed by atoms with van der Waals surface area (Å²) in [6.45, 7) is 4.21. The second-order valence-corrected chi connectivity index (χ2v) is 7.15. The molecule has 0 aliphatic heterocycles. The van der Waals surface area contributed by atoms with Gasteiger partial charge in [-0.05, 0) is 62.4 Å². The molecule has 2 aromatic carbocycles. The molecular formula is C22H27ClO6. The van der Waals surface area contributed by atoms with Gasteiger partial charge in [-0.2, -0.15) is 0 Å². The van der Waals surface area contributed by atoms with Gasteiger partial charge in [-0.3, -0.25) is 4.79 Å². The molecule has 0 saturated heterocycles. The topological polar surface area (TPSA) is 85.2 Å². The monoisotopic (exact) mass is 422 g/mol. The second kappa shape index (κ2) is 11.8.